The van der Waals surface area contributed by atoms with E-state index in [4.69, 9.17) is 19.9 Å². The minimum atomic E-state index is -1.17. The Morgan fingerprint density at radius 1 is 1.00 bits per heavy atom. The molecular weight excluding hydrogens is 529 g/mol. The number of rotatable bonds is 9. The summed E-state index contributed by atoms with van der Waals surface area (Å²) in [4.78, 5) is 33.9. The Hall–Kier alpha value is -4.77. The molecule has 0 aliphatic carbocycles. The third-order valence-corrected chi connectivity index (χ3v) is 6.87. The van der Waals surface area contributed by atoms with Crippen LogP contribution in [-0.4, -0.2) is 48.6 Å². The highest BCUT2D eigenvalue weighted by molar-refractivity contribution is 6.39. The van der Waals surface area contributed by atoms with Crippen LogP contribution in [0.1, 0.15) is 18.5 Å². The molecule has 41 heavy (non-hydrogen) atoms. The Morgan fingerprint density at radius 3 is 2.54 bits per heavy atom. The van der Waals surface area contributed by atoms with Crippen molar-refractivity contribution in [2.24, 2.45) is 11.7 Å². The van der Waals surface area contributed by atoms with Crippen molar-refractivity contribution >= 4 is 28.4 Å². The zero-order valence-electron chi connectivity index (χ0n) is 22.5. The summed E-state index contributed by atoms with van der Waals surface area (Å²) in [5.41, 5.74) is 6.46. The molecule has 0 unspecified atom stereocenters. The molecule has 2 aromatic carbocycles. The Kier molecular flexibility index (Phi) is 8.54. The summed E-state index contributed by atoms with van der Waals surface area (Å²) in [6.45, 7) is 2.46. The molecule has 1 aliphatic rings. The average molecular weight is 560 g/mol. The van der Waals surface area contributed by atoms with Crippen LogP contribution in [0.5, 0.6) is 23.0 Å². The maximum atomic E-state index is 15.3. The van der Waals surface area contributed by atoms with Gasteiger partial charge in [0, 0.05) is 35.6 Å². The maximum Gasteiger partial charge on any atom is 0.316 e. The van der Waals surface area contributed by atoms with Gasteiger partial charge in [0.05, 0.1) is 31.5 Å². The molecule has 0 bridgehead atoms. The summed E-state index contributed by atoms with van der Waals surface area (Å²) in [6, 6.07) is 14.3. The number of halogens is 1. The molecule has 0 atom stereocenters. The van der Waals surface area contributed by atoms with Crippen LogP contribution in [0.4, 0.5) is 10.1 Å². The van der Waals surface area contributed by atoms with Crippen molar-refractivity contribution < 1.29 is 28.2 Å². The van der Waals surface area contributed by atoms with Crippen molar-refractivity contribution in [3.05, 3.63) is 78.5 Å². The van der Waals surface area contributed by atoms with Gasteiger partial charge in [0.1, 0.15) is 5.75 Å². The molecule has 0 saturated carbocycles. The van der Waals surface area contributed by atoms with Crippen LogP contribution in [0, 0.1) is 11.7 Å². The second kappa shape index (κ2) is 12.6. The number of methoxy groups -OCH3 is 1. The predicted molar refractivity (Wildman–Crippen MR) is 150 cm³/mol. The summed E-state index contributed by atoms with van der Waals surface area (Å²) in [7, 11) is 1.55. The van der Waals surface area contributed by atoms with Crippen LogP contribution < -0.4 is 30.2 Å². The molecule has 0 spiro atoms. The van der Waals surface area contributed by atoms with Crippen molar-refractivity contribution in [1.29, 1.82) is 0 Å². The van der Waals surface area contributed by atoms with E-state index in [1.54, 1.807) is 55.9 Å². The lowest BCUT2D eigenvalue weighted by atomic mass is 9.99. The van der Waals surface area contributed by atoms with Gasteiger partial charge in [-0.15, -0.1) is 0 Å². The molecular formula is C30H30FN5O5. The number of anilines is 1. The SMILES string of the molecule is COc1cc2c(Oc3ccc(N(Cc4ccccn4)C(=O)C(N)=O)cc3F)ccnc2cc1OCC1CCNCC1. The highest BCUT2D eigenvalue weighted by atomic mass is 19.1. The first kappa shape index (κ1) is 27.8. The number of hydrogen-bond donors (Lipinski definition) is 2. The van der Waals surface area contributed by atoms with Crippen molar-refractivity contribution in [2.45, 2.75) is 19.4 Å². The Labute approximate surface area is 236 Å². The third kappa shape index (κ3) is 6.52. The van der Waals surface area contributed by atoms with Gasteiger partial charge in [0.2, 0.25) is 0 Å². The number of primary amides is 1. The normalized spacial score (nSPS) is 13.5. The smallest absolute Gasteiger partial charge is 0.316 e. The third-order valence-electron chi connectivity index (χ3n) is 6.87. The predicted octanol–water partition coefficient (Wildman–Crippen LogP) is 3.97. The summed E-state index contributed by atoms with van der Waals surface area (Å²) < 4.78 is 33.0. The van der Waals surface area contributed by atoms with Crippen molar-refractivity contribution in [3.8, 4) is 23.0 Å². The van der Waals surface area contributed by atoms with Gasteiger partial charge in [-0.1, -0.05) is 6.07 Å². The summed E-state index contributed by atoms with van der Waals surface area (Å²) in [6.07, 6.45) is 5.21. The molecule has 5 rings (SSSR count). The van der Waals surface area contributed by atoms with Crippen LogP contribution in [0.3, 0.4) is 0 Å². The average Bonchev–Trinajstić information content (AvgIpc) is 3.00. The van der Waals surface area contributed by atoms with Gasteiger partial charge in [-0.05, 0) is 68.2 Å². The summed E-state index contributed by atoms with van der Waals surface area (Å²) in [5, 5.41) is 3.95. The van der Waals surface area contributed by atoms with Crippen molar-refractivity contribution in [2.75, 3.05) is 31.7 Å². The van der Waals surface area contributed by atoms with Gasteiger partial charge in [-0.3, -0.25) is 24.5 Å². The molecule has 11 heteroatoms. The van der Waals surface area contributed by atoms with E-state index in [9.17, 15) is 9.59 Å². The summed E-state index contributed by atoms with van der Waals surface area (Å²) in [5.74, 6) is -1.10. The van der Waals surface area contributed by atoms with Gasteiger partial charge >= 0.3 is 11.8 Å². The first-order valence-corrected chi connectivity index (χ1v) is 13.2. The van der Waals surface area contributed by atoms with Gasteiger partial charge < -0.3 is 25.3 Å². The van der Waals surface area contributed by atoms with E-state index in [0.717, 1.165) is 36.9 Å². The second-order valence-electron chi connectivity index (χ2n) is 9.63. The topological polar surface area (TPSA) is 129 Å². The lowest BCUT2D eigenvalue weighted by Gasteiger charge is -2.23. The van der Waals surface area contributed by atoms with E-state index in [1.807, 2.05) is 0 Å². The number of carbonyl (C=O) groups excluding carboxylic acids is 2. The number of aromatic nitrogens is 2. The van der Waals surface area contributed by atoms with Crippen LogP contribution in [0.2, 0.25) is 0 Å². The lowest BCUT2D eigenvalue weighted by molar-refractivity contribution is -0.135. The van der Waals surface area contributed by atoms with E-state index < -0.39 is 17.6 Å². The molecule has 212 valence electrons. The number of benzene rings is 2. The van der Waals surface area contributed by atoms with E-state index >= 15 is 4.39 Å². The molecule has 2 amide bonds. The monoisotopic (exact) mass is 559 g/mol. The molecule has 4 aromatic rings. The molecule has 3 heterocycles. The largest absolute Gasteiger partial charge is 0.493 e. The number of hydrogen-bond acceptors (Lipinski definition) is 8. The van der Waals surface area contributed by atoms with E-state index in [1.165, 1.54) is 12.1 Å². The molecule has 2 aromatic heterocycles. The van der Waals surface area contributed by atoms with Crippen molar-refractivity contribution in [1.82, 2.24) is 15.3 Å². The Morgan fingerprint density at radius 2 is 1.83 bits per heavy atom. The van der Waals surface area contributed by atoms with E-state index in [0.29, 0.717) is 46.4 Å². The number of nitrogens with one attached hydrogen (secondary N) is 1. The minimum Gasteiger partial charge on any atom is -0.493 e. The number of ether oxygens (including phenoxy) is 3. The van der Waals surface area contributed by atoms with E-state index in [2.05, 4.69) is 15.3 Å². The highest BCUT2D eigenvalue weighted by Crippen LogP contribution is 2.38. The van der Waals surface area contributed by atoms with Gasteiger partial charge in [-0.25, -0.2) is 4.39 Å². The molecule has 3 N–H and O–H groups in total. The Balaban J connectivity index is 1.39. The first-order chi connectivity index (χ1) is 19.9. The maximum absolute atomic E-state index is 15.3. The first-order valence-electron chi connectivity index (χ1n) is 13.2. The number of amides is 2. The fourth-order valence-electron chi connectivity index (χ4n) is 4.67. The van der Waals surface area contributed by atoms with Gasteiger partial charge in [0.15, 0.2) is 23.1 Å². The zero-order valence-corrected chi connectivity index (χ0v) is 22.5. The highest BCUT2D eigenvalue weighted by Gasteiger charge is 2.23. The standard InChI is InChI=1S/C30H30FN5O5/c1-39-27-15-22-24(16-28(27)40-18-19-7-11-33-12-8-19)35-13-9-25(22)41-26-6-5-21(14-23(26)31)36(30(38)29(32)37)17-20-4-2-3-10-34-20/h2-6,9-10,13-16,19,33H,7-8,11-12,17-18H2,1H3,(H2,32,37). The second-order valence-corrected chi connectivity index (χ2v) is 9.63. The minimum absolute atomic E-state index is 0.0704. The van der Waals surface area contributed by atoms with Crippen LogP contribution in [0.15, 0.2) is 67.0 Å². The lowest BCUT2D eigenvalue weighted by Crippen LogP contribution is -2.40. The summed E-state index contributed by atoms with van der Waals surface area (Å²) >= 11 is 0. The van der Waals surface area contributed by atoms with Crippen LogP contribution in [0.25, 0.3) is 10.9 Å². The fourth-order valence-corrected chi connectivity index (χ4v) is 4.67. The zero-order chi connectivity index (χ0) is 28.8. The molecule has 0 radical (unpaired) electrons. The Bertz CT molecular complexity index is 1550. The molecule has 1 fully saturated rings. The van der Waals surface area contributed by atoms with Crippen molar-refractivity contribution in [3.63, 3.8) is 0 Å². The molecule has 1 aliphatic heterocycles. The number of carbonyl (C=O) groups is 2. The molecule has 1 saturated heterocycles. The number of pyridine rings is 2. The van der Waals surface area contributed by atoms with Gasteiger partial charge in [0.25, 0.3) is 0 Å². The quantitative estimate of drug-likeness (QED) is 0.295. The van der Waals surface area contributed by atoms with E-state index in [-0.39, 0.29) is 18.0 Å². The number of nitrogens with zero attached hydrogens (tertiary/aromatic N) is 3. The van der Waals surface area contributed by atoms with Gasteiger partial charge in [-0.2, -0.15) is 0 Å². The number of piperidine rings is 1. The fraction of sp³-hybridized carbons (Fsp3) is 0.267. The number of fused-ring (bicyclic) bond motifs is 1. The van der Waals surface area contributed by atoms with Crippen LogP contribution in [-0.2, 0) is 16.1 Å². The number of nitrogens with two attached hydrogens (primary N) is 1. The molecule has 10 nitrogen and oxygen atoms in total. The van der Waals surface area contributed by atoms with Crippen LogP contribution >= 0.6 is 0 Å².